The lowest BCUT2D eigenvalue weighted by atomic mass is 10.0. The van der Waals surface area contributed by atoms with Gasteiger partial charge in [-0.3, -0.25) is 0 Å². The van der Waals surface area contributed by atoms with Crippen LogP contribution in [-0.2, 0) is 6.42 Å². The third-order valence-electron chi connectivity index (χ3n) is 2.34. The molecular weight excluding hydrogens is 190 g/mol. The maximum atomic E-state index is 13.6. The predicted molar refractivity (Wildman–Crippen MR) is 46.2 cm³/mol. The Bertz CT molecular complexity index is 375. The van der Waals surface area contributed by atoms with Gasteiger partial charge in [0.2, 0.25) is 0 Å². The summed E-state index contributed by atoms with van der Waals surface area (Å²) in [4.78, 5) is 0. The van der Waals surface area contributed by atoms with E-state index in [-0.39, 0.29) is 11.3 Å². The largest absolute Gasteiger partial charge is 0.493 e. The summed E-state index contributed by atoms with van der Waals surface area (Å²) in [6.45, 7) is 1.71. The lowest BCUT2D eigenvalue weighted by Crippen LogP contribution is -2.03. The van der Waals surface area contributed by atoms with Crippen molar-refractivity contribution in [1.82, 2.24) is 0 Å². The van der Waals surface area contributed by atoms with Crippen LogP contribution in [0.2, 0.25) is 0 Å². The van der Waals surface area contributed by atoms with Gasteiger partial charge in [0.05, 0.1) is 18.3 Å². The van der Waals surface area contributed by atoms with Gasteiger partial charge in [0, 0.05) is 18.1 Å². The number of hydrogen-bond acceptors (Lipinski definition) is 2. The number of fused-ring (bicyclic) bond motifs is 1. The molecule has 1 aliphatic heterocycles. The van der Waals surface area contributed by atoms with Gasteiger partial charge in [-0.05, 0) is 6.92 Å². The van der Waals surface area contributed by atoms with Crippen LogP contribution in [0.3, 0.4) is 0 Å². The minimum Gasteiger partial charge on any atom is -0.493 e. The molecule has 2 rings (SSSR count). The predicted octanol–water partition coefficient (Wildman–Crippen LogP) is 1.95. The van der Waals surface area contributed by atoms with Crippen molar-refractivity contribution in [3.8, 4) is 5.75 Å². The lowest BCUT2D eigenvalue weighted by molar-refractivity contribution is 0.188. The highest BCUT2D eigenvalue weighted by Gasteiger charge is 2.25. The Morgan fingerprint density at radius 1 is 1.50 bits per heavy atom. The highest BCUT2D eigenvalue weighted by atomic mass is 19.1. The lowest BCUT2D eigenvalue weighted by Gasteiger charge is -2.10. The molecule has 1 aliphatic rings. The molecule has 0 saturated heterocycles. The molecule has 0 aliphatic carbocycles. The summed E-state index contributed by atoms with van der Waals surface area (Å²) in [5.74, 6) is -1.17. The van der Waals surface area contributed by atoms with Crippen LogP contribution in [0.1, 0.15) is 24.2 Å². The standard InChI is InChI=1S/C10H10F2O2/c1-5(13)9-7(11)4-8-6(10(9)12)2-3-14-8/h4-5,13H,2-3H2,1H3. The summed E-state index contributed by atoms with van der Waals surface area (Å²) >= 11 is 0. The molecule has 1 N–H and O–H groups in total. The first-order valence-corrected chi connectivity index (χ1v) is 4.43. The quantitative estimate of drug-likeness (QED) is 0.750. The van der Waals surface area contributed by atoms with Crippen molar-refractivity contribution in [3.63, 3.8) is 0 Å². The Morgan fingerprint density at radius 2 is 2.21 bits per heavy atom. The van der Waals surface area contributed by atoms with E-state index < -0.39 is 17.7 Å². The summed E-state index contributed by atoms with van der Waals surface area (Å²) in [6, 6.07) is 1.13. The van der Waals surface area contributed by atoms with Crippen molar-refractivity contribution in [2.24, 2.45) is 0 Å². The summed E-state index contributed by atoms with van der Waals surface area (Å²) < 4.78 is 31.9. The normalized spacial score (nSPS) is 16.3. The maximum Gasteiger partial charge on any atom is 0.138 e. The number of ether oxygens (including phenoxy) is 1. The van der Waals surface area contributed by atoms with Gasteiger partial charge in [-0.2, -0.15) is 0 Å². The number of rotatable bonds is 1. The molecule has 0 spiro atoms. The average Bonchev–Trinajstić information content (AvgIpc) is 2.50. The Morgan fingerprint density at radius 3 is 2.86 bits per heavy atom. The number of benzene rings is 1. The van der Waals surface area contributed by atoms with Crippen LogP contribution in [0.4, 0.5) is 8.78 Å². The van der Waals surface area contributed by atoms with E-state index in [4.69, 9.17) is 4.74 Å². The molecule has 0 aromatic heterocycles. The Balaban J connectivity index is 2.62. The second kappa shape index (κ2) is 3.20. The number of aliphatic hydroxyl groups is 1. The van der Waals surface area contributed by atoms with Crippen LogP contribution >= 0.6 is 0 Å². The van der Waals surface area contributed by atoms with Crippen molar-refractivity contribution in [1.29, 1.82) is 0 Å². The Kier molecular flexibility index (Phi) is 2.15. The van der Waals surface area contributed by atoms with Gasteiger partial charge in [-0.15, -0.1) is 0 Å². The topological polar surface area (TPSA) is 29.5 Å². The summed E-state index contributed by atoms with van der Waals surface area (Å²) in [6.07, 6.45) is -0.706. The fraction of sp³-hybridized carbons (Fsp3) is 0.400. The zero-order chi connectivity index (χ0) is 10.3. The summed E-state index contributed by atoms with van der Waals surface area (Å²) in [5, 5.41) is 9.20. The molecule has 1 unspecified atom stereocenters. The molecule has 1 atom stereocenters. The van der Waals surface area contributed by atoms with E-state index in [0.29, 0.717) is 18.6 Å². The zero-order valence-electron chi connectivity index (χ0n) is 7.68. The monoisotopic (exact) mass is 200 g/mol. The minimum absolute atomic E-state index is 0.254. The molecule has 76 valence electrons. The highest BCUT2D eigenvalue weighted by Crippen LogP contribution is 2.33. The first kappa shape index (κ1) is 9.40. The smallest absolute Gasteiger partial charge is 0.138 e. The average molecular weight is 200 g/mol. The molecule has 0 radical (unpaired) electrons. The van der Waals surface area contributed by atoms with E-state index in [1.54, 1.807) is 0 Å². The second-order valence-corrected chi connectivity index (χ2v) is 3.34. The van der Waals surface area contributed by atoms with E-state index in [0.717, 1.165) is 6.07 Å². The molecule has 0 saturated carbocycles. The first-order chi connectivity index (χ1) is 6.61. The van der Waals surface area contributed by atoms with Crippen molar-refractivity contribution >= 4 is 0 Å². The highest BCUT2D eigenvalue weighted by molar-refractivity contribution is 5.42. The number of hydrogen-bond donors (Lipinski definition) is 1. The molecule has 2 nitrogen and oxygen atoms in total. The van der Waals surface area contributed by atoms with E-state index in [9.17, 15) is 13.9 Å². The van der Waals surface area contributed by atoms with Crippen LogP contribution < -0.4 is 4.74 Å². The third-order valence-corrected chi connectivity index (χ3v) is 2.34. The third kappa shape index (κ3) is 1.26. The summed E-state index contributed by atoms with van der Waals surface area (Å²) in [7, 11) is 0. The van der Waals surface area contributed by atoms with Gasteiger partial charge in [0.15, 0.2) is 0 Å². The molecular formula is C10H10F2O2. The molecule has 0 bridgehead atoms. The number of halogens is 2. The molecule has 4 heteroatoms. The fourth-order valence-electron chi connectivity index (χ4n) is 1.66. The zero-order valence-corrected chi connectivity index (χ0v) is 7.68. The Labute approximate surface area is 80.1 Å². The summed E-state index contributed by atoms with van der Waals surface area (Å²) in [5.41, 5.74) is 0.0940. The van der Waals surface area contributed by atoms with Gasteiger partial charge >= 0.3 is 0 Å². The van der Waals surface area contributed by atoms with Gasteiger partial charge in [-0.1, -0.05) is 0 Å². The minimum atomic E-state index is -1.14. The van der Waals surface area contributed by atoms with Crippen molar-refractivity contribution in [3.05, 3.63) is 28.8 Å². The van der Waals surface area contributed by atoms with Gasteiger partial charge < -0.3 is 9.84 Å². The van der Waals surface area contributed by atoms with E-state index in [2.05, 4.69) is 0 Å². The van der Waals surface area contributed by atoms with Crippen molar-refractivity contribution in [2.75, 3.05) is 6.61 Å². The van der Waals surface area contributed by atoms with Crippen LogP contribution in [0, 0.1) is 11.6 Å². The number of aliphatic hydroxyl groups excluding tert-OH is 1. The van der Waals surface area contributed by atoms with E-state index >= 15 is 0 Å². The van der Waals surface area contributed by atoms with Gasteiger partial charge in [-0.25, -0.2) is 8.78 Å². The van der Waals surface area contributed by atoms with Crippen LogP contribution in [-0.4, -0.2) is 11.7 Å². The van der Waals surface area contributed by atoms with E-state index in [1.165, 1.54) is 6.92 Å². The molecule has 0 amide bonds. The fourth-order valence-corrected chi connectivity index (χ4v) is 1.66. The van der Waals surface area contributed by atoms with Crippen molar-refractivity contribution < 1.29 is 18.6 Å². The second-order valence-electron chi connectivity index (χ2n) is 3.34. The molecule has 1 aromatic rings. The maximum absolute atomic E-state index is 13.6. The van der Waals surface area contributed by atoms with Gasteiger partial charge in [0.25, 0.3) is 0 Å². The molecule has 1 heterocycles. The van der Waals surface area contributed by atoms with Crippen molar-refractivity contribution in [2.45, 2.75) is 19.4 Å². The molecule has 0 fully saturated rings. The molecule has 1 aromatic carbocycles. The van der Waals surface area contributed by atoms with Crippen LogP contribution in [0.5, 0.6) is 5.75 Å². The SMILES string of the molecule is CC(O)c1c(F)cc2c(c1F)CCO2. The van der Waals surface area contributed by atoms with Gasteiger partial charge in [0.1, 0.15) is 17.4 Å². The van der Waals surface area contributed by atoms with E-state index in [1.807, 2.05) is 0 Å². The first-order valence-electron chi connectivity index (χ1n) is 4.43. The van der Waals surface area contributed by atoms with Crippen LogP contribution in [0.15, 0.2) is 6.07 Å². The van der Waals surface area contributed by atoms with Crippen LogP contribution in [0.25, 0.3) is 0 Å². The Hall–Kier alpha value is -1.16. The molecule has 14 heavy (non-hydrogen) atoms.